The fourth-order valence-electron chi connectivity index (χ4n) is 4.91. The largest absolute Gasteiger partial charge is 0.392 e. The fourth-order valence-corrected chi connectivity index (χ4v) is 4.91. The molecule has 34 heavy (non-hydrogen) atoms. The van der Waals surface area contributed by atoms with Crippen molar-refractivity contribution in [3.63, 3.8) is 0 Å². The number of nitrogens with zero attached hydrogens (tertiary/aromatic N) is 3. The lowest BCUT2D eigenvalue weighted by molar-refractivity contribution is -0.126. The molecule has 1 saturated heterocycles. The van der Waals surface area contributed by atoms with Gasteiger partial charge in [0.15, 0.2) is 0 Å². The van der Waals surface area contributed by atoms with E-state index in [9.17, 15) is 19.5 Å². The summed E-state index contributed by atoms with van der Waals surface area (Å²) in [5.74, 6) is -1.13. The normalized spacial score (nSPS) is 23.8. The van der Waals surface area contributed by atoms with Crippen LogP contribution in [0.25, 0.3) is 0 Å². The molecule has 1 aliphatic carbocycles. The predicted molar refractivity (Wildman–Crippen MR) is 126 cm³/mol. The van der Waals surface area contributed by atoms with Gasteiger partial charge >= 0.3 is 0 Å². The molecule has 1 aromatic heterocycles. The molecule has 0 radical (unpaired) electrons. The Balaban J connectivity index is 1.77. The van der Waals surface area contributed by atoms with E-state index in [4.69, 9.17) is 5.73 Å². The van der Waals surface area contributed by atoms with Gasteiger partial charge in [0.25, 0.3) is 5.91 Å². The Labute approximate surface area is 201 Å². The first kappa shape index (κ1) is 26.0. The summed E-state index contributed by atoms with van der Waals surface area (Å²) >= 11 is 0. The number of nitrogens with two attached hydrogens (primary N) is 1. The van der Waals surface area contributed by atoms with Gasteiger partial charge in [-0.05, 0) is 30.6 Å². The van der Waals surface area contributed by atoms with Crippen LogP contribution in [0.2, 0.25) is 0 Å². The van der Waals surface area contributed by atoms with E-state index >= 15 is 0 Å². The van der Waals surface area contributed by atoms with Crippen molar-refractivity contribution in [2.75, 3.05) is 13.1 Å². The summed E-state index contributed by atoms with van der Waals surface area (Å²) in [6.07, 6.45) is 8.86. The minimum atomic E-state index is -0.698. The van der Waals surface area contributed by atoms with Crippen LogP contribution < -0.4 is 16.4 Å². The number of rotatable bonds is 8. The molecule has 0 bridgehead atoms. The Bertz CT molecular complexity index is 853. The van der Waals surface area contributed by atoms with E-state index in [0.29, 0.717) is 19.5 Å². The molecule has 4 atom stereocenters. The molecule has 2 heterocycles. The Morgan fingerprint density at radius 2 is 1.88 bits per heavy atom. The number of aromatic nitrogens is 2. The Hall–Kier alpha value is -2.59. The summed E-state index contributed by atoms with van der Waals surface area (Å²) in [4.78, 5) is 48.2. The minimum absolute atomic E-state index is 0.0296. The number of nitrogens with one attached hydrogen (secondary N) is 2. The topological polar surface area (TPSA) is 151 Å². The number of carbonyl (C=O) groups excluding carboxylic acids is 3. The first-order valence-corrected chi connectivity index (χ1v) is 12.1. The molecule has 3 amide bonds. The third-order valence-corrected chi connectivity index (χ3v) is 6.97. The second-order valence-corrected chi connectivity index (χ2v) is 10.6. The second-order valence-electron chi connectivity index (χ2n) is 10.6. The van der Waals surface area contributed by atoms with Gasteiger partial charge in [0.1, 0.15) is 11.7 Å². The maximum absolute atomic E-state index is 13.6. The summed E-state index contributed by atoms with van der Waals surface area (Å²) in [6, 6.07) is -1.59. The van der Waals surface area contributed by atoms with Gasteiger partial charge < -0.3 is 21.5 Å². The molecule has 1 saturated carbocycles. The van der Waals surface area contributed by atoms with Crippen molar-refractivity contribution in [1.82, 2.24) is 25.5 Å². The van der Waals surface area contributed by atoms with Crippen molar-refractivity contribution in [1.29, 1.82) is 0 Å². The standard InChI is InChI=1S/C24H38N6O4/c1-24(2,3)19(14-30-13-16(31)11-18(30)21(25)32)28-23(34)20(15-7-5-4-6-8-15)29-22(33)17-12-26-9-10-27-17/h9-10,12,15-16,18-20,31H,4-8,11,13-14H2,1-3H3,(H2,25,32)(H,28,34)(H,29,33)/t16-,18?,19-,20+/m1/s1. The summed E-state index contributed by atoms with van der Waals surface area (Å²) in [6.45, 7) is 6.73. The summed E-state index contributed by atoms with van der Waals surface area (Å²) in [5.41, 5.74) is 5.38. The summed E-state index contributed by atoms with van der Waals surface area (Å²) < 4.78 is 0. The number of hydrogen-bond donors (Lipinski definition) is 4. The van der Waals surface area contributed by atoms with E-state index in [0.717, 1.165) is 32.1 Å². The first-order valence-electron chi connectivity index (χ1n) is 12.1. The van der Waals surface area contributed by atoms with Crippen LogP contribution in [-0.4, -0.2) is 75.0 Å². The molecular weight excluding hydrogens is 436 g/mol. The highest BCUT2D eigenvalue weighted by Crippen LogP contribution is 2.28. The average Bonchev–Trinajstić information content (AvgIpc) is 3.17. The molecule has 10 heteroatoms. The molecule has 2 aliphatic rings. The van der Waals surface area contributed by atoms with E-state index in [2.05, 4.69) is 20.6 Å². The summed E-state index contributed by atoms with van der Waals surface area (Å²) in [5, 5.41) is 16.1. The van der Waals surface area contributed by atoms with Crippen molar-refractivity contribution in [3.8, 4) is 0 Å². The maximum Gasteiger partial charge on any atom is 0.272 e. The van der Waals surface area contributed by atoms with E-state index in [-0.39, 0.29) is 29.0 Å². The van der Waals surface area contributed by atoms with Gasteiger partial charge in [-0.1, -0.05) is 40.0 Å². The van der Waals surface area contributed by atoms with Crippen LogP contribution in [0.5, 0.6) is 0 Å². The lowest BCUT2D eigenvalue weighted by atomic mass is 9.82. The Morgan fingerprint density at radius 1 is 1.18 bits per heavy atom. The van der Waals surface area contributed by atoms with E-state index in [1.54, 1.807) is 0 Å². The van der Waals surface area contributed by atoms with Crippen LogP contribution in [0.1, 0.15) is 69.8 Å². The zero-order valence-corrected chi connectivity index (χ0v) is 20.4. The zero-order valence-electron chi connectivity index (χ0n) is 20.4. The highest BCUT2D eigenvalue weighted by atomic mass is 16.3. The highest BCUT2D eigenvalue weighted by Gasteiger charge is 2.40. The van der Waals surface area contributed by atoms with Gasteiger partial charge in [0, 0.05) is 31.5 Å². The van der Waals surface area contributed by atoms with Crippen molar-refractivity contribution in [3.05, 3.63) is 24.3 Å². The quantitative estimate of drug-likeness (QED) is 0.431. The highest BCUT2D eigenvalue weighted by molar-refractivity contribution is 5.96. The van der Waals surface area contributed by atoms with Gasteiger partial charge in [-0.15, -0.1) is 0 Å². The predicted octanol–water partition coefficient (Wildman–Crippen LogP) is 0.607. The van der Waals surface area contributed by atoms with Crippen LogP contribution in [-0.2, 0) is 9.59 Å². The lowest BCUT2D eigenvalue weighted by Crippen LogP contribution is -2.59. The molecule has 10 nitrogen and oxygen atoms in total. The average molecular weight is 475 g/mol. The van der Waals surface area contributed by atoms with E-state index in [1.165, 1.54) is 18.6 Å². The molecule has 1 aliphatic heterocycles. The summed E-state index contributed by atoms with van der Waals surface area (Å²) in [7, 11) is 0. The number of likely N-dealkylation sites (tertiary alicyclic amines) is 1. The number of amides is 3. The molecule has 2 fully saturated rings. The van der Waals surface area contributed by atoms with Crippen LogP contribution >= 0.6 is 0 Å². The van der Waals surface area contributed by atoms with Gasteiger partial charge in [-0.25, -0.2) is 4.98 Å². The van der Waals surface area contributed by atoms with Crippen molar-refractivity contribution >= 4 is 17.7 Å². The third kappa shape index (κ3) is 6.73. The van der Waals surface area contributed by atoms with E-state index < -0.39 is 30.0 Å². The van der Waals surface area contributed by atoms with Crippen LogP contribution in [0.15, 0.2) is 18.6 Å². The smallest absolute Gasteiger partial charge is 0.272 e. The number of carbonyl (C=O) groups is 3. The van der Waals surface area contributed by atoms with Crippen LogP contribution in [0, 0.1) is 11.3 Å². The van der Waals surface area contributed by atoms with Gasteiger partial charge in [0.05, 0.1) is 18.3 Å². The molecule has 1 aromatic rings. The van der Waals surface area contributed by atoms with Gasteiger partial charge in [-0.2, -0.15) is 0 Å². The third-order valence-electron chi connectivity index (χ3n) is 6.97. The monoisotopic (exact) mass is 474 g/mol. The molecule has 5 N–H and O–H groups in total. The van der Waals surface area contributed by atoms with Crippen molar-refractivity contribution in [2.45, 2.75) is 83.5 Å². The lowest BCUT2D eigenvalue weighted by Gasteiger charge is -2.38. The fraction of sp³-hybridized carbons (Fsp3) is 0.708. The van der Waals surface area contributed by atoms with Crippen LogP contribution in [0.4, 0.5) is 0 Å². The number of primary amides is 1. The minimum Gasteiger partial charge on any atom is -0.392 e. The van der Waals surface area contributed by atoms with Crippen molar-refractivity contribution < 1.29 is 19.5 Å². The molecule has 188 valence electrons. The van der Waals surface area contributed by atoms with Crippen LogP contribution in [0.3, 0.4) is 0 Å². The Morgan fingerprint density at radius 3 is 2.47 bits per heavy atom. The van der Waals surface area contributed by atoms with E-state index in [1.807, 2.05) is 25.7 Å². The molecule has 0 aromatic carbocycles. The SMILES string of the molecule is CC(C)(C)[C@@H](CN1C[C@H](O)CC1C(N)=O)NC(=O)[C@@H](NC(=O)c1cnccn1)C1CCCCC1. The second kappa shape index (κ2) is 11.2. The number of hydrogen-bond acceptors (Lipinski definition) is 7. The molecule has 0 spiro atoms. The van der Waals surface area contributed by atoms with Crippen molar-refractivity contribution in [2.24, 2.45) is 17.1 Å². The molecule has 3 rings (SSSR count). The van der Waals surface area contributed by atoms with Gasteiger partial charge in [-0.3, -0.25) is 24.3 Å². The maximum atomic E-state index is 13.6. The number of β-amino-alcohol motifs (C(OH)–C–C–N with tert-alkyl or cyclic N) is 1. The van der Waals surface area contributed by atoms with Gasteiger partial charge in [0.2, 0.25) is 11.8 Å². The number of aliphatic hydroxyl groups excluding tert-OH is 1. The Kier molecular flexibility index (Phi) is 8.59. The zero-order chi connectivity index (χ0) is 24.9. The molecule has 1 unspecified atom stereocenters. The molecular formula is C24H38N6O4. The first-order chi connectivity index (χ1) is 16.1. The number of aliphatic hydroxyl groups is 1.